The number of piperidine rings is 2. The van der Waals surface area contributed by atoms with Crippen molar-refractivity contribution in [3.8, 4) is 11.3 Å². The van der Waals surface area contributed by atoms with Crippen LogP contribution in [0.25, 0.3) is 11.3 Å². The van der Waals surface area contributed by atoms with Crippen LogP contribution in [0.15, 0.2) is 78.6 Å². The van der Waals surface area contributed by atoms with E-state index in [4.69, 9.17) is 5.11 Å². The third-order valence-electron chi connectivity index (χ3n) is 10.9. The van der Waals surface area contributed by atoms with E-state index in [1.165, 1.54) is 23.1 Å². The quantitative estimate of drug-likeness (QED) is 0.0308. The van der Waals surface area contributed by atoms with Gasteiger partial charge in [0.1, 0.15) is 17.4 Å². The Morgan fingerprint density at radius 2 is 1.37 bits per heavy atom. The van der Waals surface area contributed by atoms with Crippen molar-refractivity contribution in [3.05, 3.63) is 85.1 Å². The molecule has 5 heterocycles. The number of piperazine rings is 1. The Morgan fingerprint density at radius 3 is 1.86 bits per heavy atom. The molecule has 426 valence electrons. The number of halogens is 7. The molecule has 76 heavy (non-hydrogen) atoms. The third kappa shape index (κ3) is 25.6. The number of hydrogen-bond acceptors (Lipinski definition) is 15. The van der Waals surface area contributed by atoms with E-state index in [0.717, 1.165) is 56.5 Å². The van der Waals surface area contributed by atoms with E-state index in [1.807, 2.05) is 66.3 Å². The van der Waals surface area contributed by atoms with Gasteiger partial charge in [-0.05, 0) is 143 Å². The number of allylic oxidation sites excluding steroid dienone is 1. The molecule has 2 aromatic heterocycles. The van der Waals surface area contributed by atoms with Gasteiger partial charge in [-0.1, -0.05) is 13.0 Å². The molecule has 3 aliphatic heterocycles. The van der Waals surface area contributed by atoms with Crippen LogP contribution in [0.2, 0.25) is 0 Å². The number of aliphatic hydroxyl groups is 2. The van der Waals surface area contributed by atoms with Crippen molar-refractivity contribution < 1.29 is 50.5 Å². The molecule has 1 unspecified atom stereocenters. The summed E-state index contributed by atoms with van der Waals surface area (Å²) in [6, 6.07) is 12.4. The number of carbonyl (C=O) groups is 2. The van der Waals surface area contributed by atoms with E-state index in [1.54, 1.807) is 57.9 Å². The van der Waals surface area contributed by atoms with E-state index in [-0.39, 0.29) is 48.8 Å². The third-order valence-corrected chi connectivity index (χ3v) is 12.0. The summed E-state index contributed by atoms with van der Waals surface area (Å²) >= 11 is 1.66. The van der Waals surface area contributed by atoms with Gasteiger partial charge in [0.2, 0.25) is 17.8 Å². The maximum absolute atomic E-state index is 15.2. The summed E-state index contributed by atoms with van der Waals surface area (Å²) < 4.78 is 91.6. The second kappa shape index (κ2) is 31.8. The molecule has 2 aromatic carbocycles. The lowest BCUT2D eigenvalue weighted by Crippen LogP contribution is -2.52. The van der Waals surface area contributed by atoms with Crippen molar-refractivity contribution in [3.63, 3.8) is 0 Å². The molecule has 0 aliphatic carbocycles. The topological polar surface area (TPSA) is 188 Å². The monoisotopic (exact) mass is 1100 g/mol. The Bertz CT molecular complexity index is 2340. The lowest BCUT2D eigenvalue weighted by atomic mass is 10.0. The number of hydrogen-bond donors (Lipinski definition) is 7. The number of carbonyl (C=O) groups excluding carboxylic acids is 2. The molecule has 3 saturated heterocycles. The predicted octanol–water partition coefficient (Wildman–Crippen LogP) is 9.12. The molecule has 3 aliphatic rings. The van der Waals surface area contributed by atoms with Crippen molar-refractivity contribution in [1.82, 2.24) is 44.9 Å². The minimum absolute atomic E-state index is 0.00826. The van der Waals surface area contributed by atoms with Gasteiger partial charge in [0.25, 0.3) is 0 Å². The fourth-order valence-electron chi connectivity index (χ4n) is 7.23. The molecule has 0 spiro atoms. The van der Waals surface area contributed by atoms with Gasteiger partial charge in [-0.3, -0.25) is 24.5 Å². The van der Waals surface area contributed by atoms with Crippen LogP contribution < -0.4 is 31.5 Å². The zero-order valence-electron chi connectivity index (χ0n) is 45.6. The molecule has 7 rings (SSSR count). The van der Waals surface area contributed by atoms with Crippen molar-refractivity contribution >= 4 is 46.8 Å². The first kappa shape index (κ1) is 66.7. The molecule has 3 fully saturated rings. The number of benzene rings is 2. The van der Waals surface area contributed by atoms with Crippen LogP contribution in [0.5, 0.6) is 0 Å². The zero-order chi connectivity index (χ0) is 57.4. The van der Waals surface area contributed by atoms with E-state index < -0.39 is 41.1 Å². The van der Waals surface area contributed by atoms with E-state index >= 15 is 4.39 Å². The van der Waals surface area contributed by atoms with Gasteiger partial charge >= 0.3 is 12.4 Å². The molecule has 16 nitrogen and oxygen atoms in total. The number of nitrogens with one attached hydrogen (secondary N) is 5. The molecular weight excluding hydrogens is 1020 g/mol. The largest absolute Gasteiger partial charge is 0.419 e. The molecule has 0 bridgehead atoms. The molecule has 24 heteroatoms. The molecular formula is C52H79F7N12O4S. The molecule has 0 saturated carbocycles. The van der Waals surface area contributed by atoms with E-state index in [2.05, 4.69) is 62.3 Å². The Kier molecular flexibility index (Phi) is 27.9. The smallest absolute Gasteiger partial charge is 0.390 e. The van der Waals surface area contributed by atoms with Crippen LogP contribution in [0, 0.1) is 5.82 Å². The number of alkyl halides is 6. The van der Waals surface area contributed by atoms with E-state index in [0.29, 0.717) is 42.6 Å². The average molecular weight is 1100 g/mol. The number of aromatic nitrogens is 4. The number of anilines is 4. The van der Waals surface area contributed by atoms with Gasteiger partial charge in [-0.2, -0.15) is 31.4 Å². The van der Waals surface area contributed by atoms with Gasteiger partial charge in [-0.25, -0.2) is 18.7 Å². The number of imide groups is 1. The first-order chi connectivity index (χ1) is 35.5. The molecule has 1 atom stereocenters. The number of amides is 2. The van der Waals surface area contributed by atoms with Crippen LogP contribution in [0.1, 0.15) is 86.1 Å². The van der Waals surface area contributed by atoms with Gasteiger partial charge in [0, 0.05) is 92.9 Å². The highest BCUT2D eigenvalue weighted by Crippen LogP contribution is 2.37. The lowest BCUT2D eigenvalue weighted by Gasteiger charge is -2.43. The minimum Gasteiger partial charge on any atom is -0.390 e. The fourth-order valence-corrected chi connectivity index (χ4v) is 8.18. The summed E-state index contributed by atoms with van der Waals surface area (Å²) in [7, 11) is 7.50. The second-order valence-corrected chi connectivity index (χ2v) is 20.5. The van der Waals surface area contributed by atoms with Crippen LogP contribution in [0.3, 0.4) is 0 Å². The standard InChI is InChI=1S/C38H44F4N10O3S.C5H12O.C3H6.C2H3F3.2C2H7N/c1-37(2,55)23-51-22-24(20-44-51)34-29(38(40,41)42)21-43-36(48-34)46-25-3-6-28(7-4-25)56-52-13-11-27(12-14-52)49-15-17-50(18-16-49)32-9-5-26(19-30(32)39)45-31-8-10-33(53)47-35(31)54;1-4-5(2,3)6;1-3-2;1-2(3,4)5;2*1-3-2/h3-7,9,19-22,27,31,45,55H,8,10-18,23H2,1-2H3,(H,43,46,48)(H,47,53,54);6H,4H2,1-3H3;3H,1H2,2H3;1H3;2*3H,1-2H3. The first-order valence-electron chi connectivity index (χ1n) is 24.9. The Morgan fingerprint density at radius 1 is 0.829 bits per heavy atom. The molecule has 2 amide bonds. The highest BCUT2D eigenvalue weighted by Gasteiger charge is 2.36. The van der Waals surface area contributed by atoms with Crippen molar-refractivity contribution in [1.29, 1.82) is 0 Å². The highest BCUT2D eigenvalue weighted by molar-refractivity contribution is 7.97. The second-order valence-electron chi connectivity index (χ2n) is 19.3. The van der Waals surface area contributed by atoms with Crippen LogP contribution >= 0.6 is 11.9 Å². The summed E-state index contributed by atoms with van der Waals surface area (Å²) in [6.45, 7) is 19.1. The SMILES string of the molecule is C=CC.CC(C)(O)Cn1cc(-c2nc(Nc3ccc(SN4CCC(N5CCN(c6ccc(NC7CCC(=O)NC7=O)cc6F)CC5)CC4)cc3)ncc2C(F)(F)F)cn1.CC(F)(F)F.CCC(C)(C)O.CNC.CNC. The summed E-state index contributed by atoms with van der Waals surface area (Å²) in [4.78, 5) is 37.2. The van der Waals surface area contributed by atoms with Crippen LogP contribution in [-0.4, -0.2) is 148 Å². The minimum atomic E-state index is -4.68. The summed E-state index contributed by atoms with van der Waals surface area (Å²) in [6.07, 6.45) is 0.00734. The Balaban J connectivity index is 0.000000850. The van der Waals surface area contributed by atoms with Crippen molar-refractivity contribution in [2.45, 2.75) is 128 Å². The van der Waals surface area contributed by atoms with Crippen LogP contribution in [-0.2, 0) is 22.3 Å². The normalized spacial score (nSPS) is 16.6. The molecule has 7 N–H and O–H groups in total. The lowest BCUT2D eigenvalue weighted by molar-refractivity contribution is -0.137. The predicted molar refractivity (Wildman–Crippen MR) is 289 cm³/mol. The van der Waals surface area contributed by atoms with E-state index in [9.17, 15) is 41.0 Å². The highest BCUT2D eigenvalue weighted by atomic mass is 32.2. The van der Waals surface area contributed by atoms with Gasteiger partial charge in [0.15, 0.2) is 0 Å². The maximum Gasteiger partial charge on any atom is 0.419 e. The fraction of sp³-hybridized carbons (Fsp3) is 0.558. The maximum atomic E-state index is 15.2. The molecule has 0 radical (unpaired) electrons. The zero-order valence-corrected chi connectivity index (χ0v) is 46.4. The summed E-state index contributed by atoms with van der Waals surface area (Å²) in [5.41, 5.74) is -1.03. The summed E-state index contributed by atoms with van der Waals surface area (Å²) in [5.74, 6) is -1.03. The van der Waals surface area contributed by atoms with Crippen LogP contribution in [0.4, 0.5) is 53.7 Å². The van der Waals surface area contributed by atoms with Gasteiger partial charge < -0.3 is 36.4 Å². The number of nitrogens with zero attached hydrogens (tertiary/aromatic N) is 7. The Labute approximate surface area is 447 Å². The van der Waals surface area contributed by atoms with Gasteiger partial charge in [0.05, 0.1) is 35.3 Å². The van der Waals surface area contributed by atoms with Crippen molar-refractivity contribution in [2.75, 3.05) is 83.0 Å². The first-order valence-corrected chi connectivity index (χ1v) is 25.7. The Hall–Kier alpha value is -5.37. The number of rotatable bonds is 12. The average Bonchev–Trinajstić information content (AvgIpc) is 3.78. The van der Waals surface area contributed by atoms with Crippen molar-refractivity contribution in [2.24, 2.45) is 0 Å². The molecule has 4 aromatic rings. The van der Waals surface area contributed by atoms with Gasteiger partial charge in [-0.15, -0.1) is 6.58 Å². The summed E-state index contributed by atoms with van der Waals surface area (Å²) in [5, 5.41) is 36.9.